The fourth-order valence-electron chi connectivity index (χ4n) is 4.79. The highest BCUT2D eigenvalue weighted by Gasteiger charge is 2.42. The van der Waals surface area contributed by atoms with Crippen LogP contribution in [0.2, 0.25) is 5.02 Å². The summed E-state index contributed by atoms with van der Waals surface area (Å²) in [5, 5.41) is 0.765. The molecule has 2 aliphatic rings. The minimum atomic E-state index is -0.144. The van der Waals surface area contributed by atoms with E-state index in [1.807, 2.05) is 12.1 Å². The van der Waals surface area contributed by atoms with Gasteiger partial charge in [0.1, 0.15) is 5.44 Å². The quantitative estimate of drug-likeness (QED) is 0.457. The molecule has 0 N–H and O–H groups in total. The van der Waals surface area contributed by atoms with E-state index >= 15 is 0 Å². The molecule has 0 aromatic heterocycles. The van der Waals surface area contributed by atoms with Crippen molar-refractivity contribution in [3.8, 4) is 0 Å². The van der Waals surface area contributed by atoms with Gasteiger partial charge in [0.15, 0.2) is 6.29 Å². The Morgan fingerprint density at radius 3 is 2.03 bits per heavy atom. The van der Waals surface area contributed by atoms with Crippen molar-refractivity contribution in [3.05, 3.63) is 29.3 Å². The maximum Gasteiger partial charge on any atom is 0.160 e. The van der Waals surface area contributed by atoms with Gasteiger partial charge in [-0.25, -0.2) is 0 Å². The molecule has 0 aliphatic carbocycles. The largest absolute Gasteiger partial charge is 0.361 e. The molecule has 30 heavy (non-hydrogen) atoms. The van der Waals surface area contributed by atoms with Crippen LogP contribution in [0.15, 0.2) is 29.2 Å². The molecule has 0 saturated carbocycles. The van der Waals surface area contributed by atoms with Crippen molar-refractivity contribution in [3.63, 3.8) is 0 Å². The second-order valence-electron chi connectivity index (χ2n) is 9.55. The second kappa shape index (κ2) is 10.6. The number of hydrogen-bond acceptors (Lipinski definition) is 4. The number of ether oxygens (including phenoxy) is 3. The molecule has 0 radical (unpaired) electrons. The third-order valence-corrected chi connectivity index (χ3v) is 9.43. The molecule has 1 aromatic carbocycles. The monoisotopic (exact) mass is 454 g/mol. The summed E-state index contributed by atoms with van der Waals surface area (Å²) in [5.74, 6) is 3.01. The van der Waals surface area contributed by atoms with Gasteiger partial charge in [-0.1, -0.05) is 71.8 Å². The maximum absolute atomic E-state index is 6.59. The van der Waals surface area contributed by atoms with E-state index in [0.717, 1.165) is 11.4 Å². The highest BCUT2D eigenvalue weighted by Crippen LogP contribution is 2.43. The lowest BCUT2D eigenvalue weighted by Crippen LogP contribution is -2.49. The molecule has 0 spiro atoms. The van der Waals surface area contributed by atoms with Crippen LogP contribution in [0.4, 0.5) is 0 Å². The predicted molar refractivity (Wildman–Crippen MR) is 126 cm³/mol. The molecule has 0 amide bonds. The van der Waals surface area contributed by atoms with E-state index in [9.17, 15) is 0 Å². The lowest BCUT2D eigenvalue weighted by atomic mass is 9.78. The van der Waals surface area contributed by atoms with Gasteiger partial charge in [0.25, 0.3) is 0 Å². The summed E-state index contributed by atoms with van der Waals surface area (Å²) in [4.78, 5) is 1.19. The van der Waals surface area contributed by atoms with Crippen LogP contribution in [0.3, 0.4) is 0 Å². The molecule has 4 unspecified atom stereocenters. The molecule has 2 aliphatic heterocycles. The van der Waals surface area contributed by atoms with E-state index in [1.54, 1.807) is 11.8 Å². The number of hydrogen-bond donors (Lipinski definition) is 0. The second-order valence-corrected chi connectivity index (χ2v) is 11.2. The van der Waals surface area contributed by atoms with Crippen molar-refractivity contribution in [2.45, 2.75) is 83.7 Å². The zero-order valence-corrected chi connectivity index (χ0v) is 21.1. The summed E-state index contributed by atoms with van der Waals surface area (Å²) in [6.45, 7) is 16.6. The molecule has 3 rings (SSSR count). The van der Waals surface area contributed by atoms with Crippen molar-refractivity contribution < 1.29 is 14.2 Å². The van der Waals surface area contributed by atoms with Crippen LogP contribution in [0.25, 0.3) is 0 Å². The molecule has 2 heterocycles. The number of halogens is 1. The van der Waals surface area contributed by atoms with Gasteiger partial charge in [0.2, 0.25) is 0 Å². The predicted octanol–water partition coefficient (Wildman–Crippen LogP) is 7.13. The minimum Gasteiger partial charge on any atom is -0.361 e. The van der Waals surface area contributed by atoms with Crippen molar-refractivity contribution in [1.29, 1.82) is 0 Å². The summed E-state index contributed by atoms with van der Waals surface area (Å²) in [6.07, 6.45) is 1.24. The van der Waals surface area contributed by atoms with Crippen molar-refractivity contribution in [2.75, 3.05) is 6.61 Å². The van der Waals surface area contributed by atoms with Gasteiger partial charge >= 0.3 is 0 Å². The molecule has 1 aromatic rings. The van der Waals surface area contributed by atoms with Crippen LogP contribution in [0, 0.1) is 35.5 Å². The minimum absolute atomic E-state index is 0.0755. The van der Waals surface area contributed by atoms with Crippen molar-refractivity contribution in [2.24, 2.45) is 35.5 Å². The zero-order chi connectivity index (χ0) is 22.0. The number of rotatable bonds is 6. The Balaban J connectivity index is 1.63. The molecule has 0 bridgehead atoms. The molecule has 2 fully saturated rings. The Morgan fingerprint density at radius 2 is 1.40 bits per heavy atom. The molecule has 3 nitrogen and oxygen atoms in total. The summed E-state index contributed by atoms with van der Waals surface area (Å²) < 4.78 is 19.3. The third kappa shape index (κ3) is 5.38. The van der Waals surface area contributed by atoms with E-state index in [1.165, 1.54) is 4.90 Å². The summed E-state index contributed by atoms with van der Waals surface area (Å²) in [6, 6.07) is 8.03. The van der Waals surface area contributed by atoms with Crippen LogP contribution in [0.1, 0.15) is 54.9 Å². The van der Waals surface area contributed by atoms with E-state index in [2.05, 4.69) is 60.6 Å². The van der Waals surface area contributed by atoms with E-state index < -0.39 is 0 Å². The van der Waals surface area contributed by atoms with Crippen LogP contribution >= 0.6 is 23.4 Å². The molecular formula is C25H39ClO3S. The lowest BCUT2D eigenvalue weighted by molar-refractivity contribution is -0.263. The van der Waals surface area contributed by atoms with Gasteiger partial charge in [-0.05, 0) is 60.3 Å². The topological polar surface area (TPSA) is 27.7 Å². The smallest absolute Gasteiger partial charge is 0.160 e. The Labute approximate surface area is 192 Å². The fourth-order valence-corrected chi connectivity index (χ4v) is 6.14. The van der Waals surface area contributed by atoms with E-state index in [4.69, 9.17) is 25.8 Å². The standard InChI is InChI=1S/C25H39ClO3S/c1-8-22-16(4)14(2)18(6)24(28-22)27-13-23-17(5)15(3)19(7)25(29-23)30-21-11-9-20(26)10-12-21/h9-12,14-19,22-25H,8,13H2,1-7H3/t14-,15-,16-,17-,18?,19?,22?,23?,24+,25-/m0/s1. The van der Waals surface area contributed by atoms with Gasteiger partial charge in [-0.2, -0.15) is 0 Å². The van der Waals surface area contributed by atoms with Gasteiger partial charge in [-0.3, -0.25) is 0 Å². The Hall–Kier alpha value is -0.260. The molecule has 2 saturated heterocycles. The first-order valence-electron chi connectivity index (χ1n) is 11.6. The average molecular weight is 455 g/mol. The average Bonchev–Trinajstić information content (AvgIpc) is 2.74. The molecular weight excluding hydrogens is 416 g/mol. The zero-order valence-electron chi connectivity index (χ0n) is 19.5. The highest BCUT2D eigenvalue weighted by atomic mass is 35.5. The Kier molecular flexibility index (Phi) is 8.59. The van der Waals surface area contributed by atoms with Crippen molar-refractivity contribution in [1.82, 2.24) is 0 Å². The van der Waals surface area contributed by atoms with Gasteiger partial charge in [0.05, 0.1) is 18.8 Å². The SMILES string of the molecule is CCC1O[C@@H](OCC2O[C@@H](Sc3ccc(Cl)cc3)C(C)[C@@H](C)[C@@H]2C)C(C)[C@@H](C)[C@@H]1C. The molecule has 10 atom stereocenters. The highest BCUT2D eigenvalue weighted by molar-refractivity contribution is 7.99. The number of benzene rings is 1. The van der Waals surface area contributed by atoms with Gasteiger partial charge in [0, 0.05) is 15.8 Å². The van der Waals surface area contributed by atoms with Crippen LogP contribution in [-0.2, 0) is 14.2 Å². The maximum atomic E-state index is 6.59. The van der Waals surface area contributed by atoms with E-state index in [0.29, 0.717) is 42.1 Å². The molecule has 5 heteroatoms. The lowest BCUT2D eigenvalue weighted by Gasteiger charge is -2.46. The van der Waals surface area contributed by atoms with Crippen molar-refractivity contribution >= 4 is 23.4 Å². The Bertz CT molecular complexity index is 667. The van der Waals surface area contributed by atoms with Crippen LogP contribution < -0.4 is 0 Å². The van der Waals surface area contributed by atoms with Gasteiger partial charge in [-0.15, -0.1) is 0 Å². The first-order valence-corrected chi connectivity index (χ1v) is 12.8. The normalized spacial score (nSPS) is 42.3. The first kappa shape index (κ1) is 24.4. The molecule has 170 valence electrons. The Morgan fingerprint density at radius 1 is 0.800 bits per heavy atom. The van der Waals surface area contributed by atoms with Gasteiger partial charge < -0.3 is 14.2 Å². The van der Waals surface area contributed by atoms with Crippen LogP contribution in [-0.4, -0.2) is 30.5 Å². The summed E-state index contributed by atoms with van der Waals surface area (Å²) in [7, 11) is 0. The first-order chi connectivity index (χ1) is 14.2. The summed E-state index contributed by atoms with van der Waals surface area (Å²) in [5.41, 5.74) is 0.109. The fraction of sp³-hybridized carbons (Fsp3) is 0.760. The summed E-state index contributed by atoms with van der Waals surface area (Å²) >= 11 is 7.84. The number of thioether (sulfide) groups is 1. The third-order valence-electron chi connectivity index (χ3n) is 7.86. The van der Waals surface area contributed by atoms with E-state index in [-0.39, 0.29) is 23.9 Å². The van der Waals surface area contributed by atoms with Crippen LogP contribution in [0.5, 0.6) is 0 Å².